The van der Waals surface area contributed by atoms with Crippen molar-refractivity contribution >= 4 is 11.7 Å². The molecule has 0 aliphatic carbocycles. The number of rotatable bonds is 6. The van der Waals surface area contributed by atoms with E-state index in [1.807, 2.05) is 0 Å². The lowest BCUT2D eigenvalue weighted by Gasteiger charge is -2.14. The Bertz CT molecular complexity index is 389. The van der Waals surface area contributed by atoms with E-state index in [-0.39, 0.29) is 5.56 Å². The molecule has 0 aliphatic heterocycles. The summed E-state index contributed by atoms with van der Waals surface area (Å²) in [5.41, 5.74) is 0.357. The van der Waals surface area contributed by atoms with Crippen molar-refractivity contribution < 1.29 is 14.3 Å². The summed E-state index contributed by atoms with van der Waals surface area (Å²) in [6, 6.07) is 4.07. The Hall–Kier alpha value is -1.58. The zero-order chi connectivity index (χ0) is 12.8. The first-order valence-corrected chi connectivity index (χ1v) is 5.85. The summed E-state index contributed by atoms with van der Waals surface area (Å²) in [5.74, 6) is -1.40. The molecule has 94 valence electrons. The van der Waals surface area contributed by atoms with Gasteiger partial charge in [-0.15, -0.1) is 0 Å². The first-order valence-electron chi connectivity index (χ1n) is 5.85. The van der Waals surface area contributed by atoms with Crippen molar-refractivity contribution in [1.29, 1.82) is 0 Å². The van der Waals surface area contributed by atoms with Crippen molar-refractivity contribution in [1.82, 2.24) is 0 Å². The largest absolute Gasteiger partial charge is 0.478 e. The van der Waals surface area contributed by atoms with E-state index in [0.717, 1.165) is 19.4 Å². The van der Waals surface area contributed by atoms with E-state index in [1.54, 1.807) is 6.07 Å². The predicted octanol–water partition coefficient (Wildman–Crippen LogP) is 3.37. The van der Waals surface area contributed by atoms with Crippen molar-refractivity contribution in [2.24, 2.45) is 5.92 Å². The molecule has 0 fully saturated rings. The Morgan fingerprint density at radius 3 is 2.59 bits per heavy atom. The molecule has 0 saturated heterocycles. The number of hydrogen-bond donors (Lipinski definition) is 2. The zero-order valence-corrected chi connectivity index (χ0v) is 10.2. The summed E-state index contributed by atoms with van der Waals surface area (Å²) in [6.45, 7) is 5.00. The minimum Gasteiger partial charge on any atom is -0.478 e. The molecule has 0 heterocycles. The number of halogens is 1. The SMILES string of the molecule is CCC(CC)CNc1ccc(F)c(C(=O)O)c1. The highest BCUT2D eigenvalue weighted by Gasteiger charge is 2.11. The minimum absolute atomic E-state index is 0.292. The van der Waals surface area contributed by atoms with Gasteiger partial charge in [-0.05, 0) is 24.1 Å². The van der Waals surface area contributed by atoms with Gasteiger partial charge in [-0.3, -0.25) is 0 Å². The van der Waals surface area contributed by atoms with Gasteiger partial charge in [0.2, 0.25) is 0 Å². The van der Waals surface area contributed by atoms with Gasteiger partial charge in [-0.25, -0.2) is 9.18 Å². The number of hydrogen-bond acceptors (Lipinski definition) is 2. The summed E-state index contributed by atoms with van der Waals surface area (Å²) in [4.78, 5) is 10.8. The molecule has 1 aromatic carbocycles. The zero-order valence-electron chi connectivity index (χ0n) is 10.2. The van der Waals surface area contributed by atoms with Crippen molar-refractivity contribution in [3.63, 3.8) is 0 Å². The normalized spacial score (nSPS) is 10.6. The van der Waals surface area contributed by atoms with Crippen LogP contribution < -0.4 is 5.32 Å². The molecule has 1 rings (SSSR count). The van der Waals surface area contributed by atoms with Gasteiger partial charge < -0.3 is 10.4 Å². The lowest BCUT2D eigenvalue weighted by molar-refractivity contribution is 0.0692. The maximum atomic E-state index is 13.1. The molecule has 1 aromatic rings. The van der Waals surface area contributed by atoms with Gasteiger partial charge in [0.15, 0.2) is 0 Å². The van der Waals surface area contributed by atoms with Gasteiger partial charge in [0.25, 0.3) is 0 Å². The standard InChI is InChI=1S/C13H18FNO2/c1-3-9(4-2)8-15-10-5-6-12(14)11(7-10)13(16)17/h5-7,9,15H,3-4,8H2,1-2H3,(H,16,17). The van der Waals surface area contributed by atoms with Crippen LogP contribution in [0.2, 0.25) is 0 Å². The quantitative estimate of drug-likeness (QED) is 0.800. The molecular weight excluding hydrogens is 221 g/mol. The van der Waals surface area contributed by atoms with E-state index in [1.165, 1.54) is 12.1 Å². The van der Waals surface area contributed by atoms with E-state index >= 15 is 0 Å². The highest BCUT2D eigenvalue weighted by atomic mass is 19.1. The monoisotopic (exact) mass is 239 g/mol. The average molecular weight is 239 g/mol. The topological polar surface area (TPSA) is 49.3 Å². The summed E-state index contributed by atoms with van der Waals surface area (Å²) < 4.78 is 13.1. The molecule has 0 spiro atoms. The van der Waals surface area contributed by atoms with Gasteiger partial charge >= 0.3 is 5.97 Å². The van der Waals surface area contributed by atoms with Crippen LogP contribution in [0.25, 0.3) is 0 Å². The van der Waals surface area contributed by atoms with E-state index in [2.05, 4.69) is 19.2 Å². The van der Waals surface area contributed by atoms with Crippen molar-refractivity contribution in [2.75, 3.05) is 11.9 Å². The third kappa shape index (κ3) is 3.73. The molecule has 2 N–H and O–H groups in total. The van der Waals surface area contributed by atoms with Gasteiger partial charge in [0, 0.05) is 12.2 Å². The van der Waals surface area contributed by atoms with Crippen molar-refractivity contribution in [3.8, 4) is 0 Å². The molecule has 0 aromatic heterocycles. The second kappa shape index (κ2) is 6.23. The third-order valence-electron chi connectivity index (χ3n) is 2.95. The molecule has 0 radical (unpaired) electrons. The maximum Gasteiger partial charge on any atom is 0.338 e. The third-order valence-corrected chi connectivity index (χ3v) is 2.95. The van der Waals surface area contributed by atoms with Crippen LogP contribution in [0.15, 0.2) is 18.2 Å². The second-order valence-corrected chi connectivity index (χ2v) is 4.06. The molecule has 3 nitrogen and oxygen atoms in total. The molecular formula is C13H18FNO2. The van der Waals surface area contributed by atoms with E-state index < -0.39 is 11.8 Å². The molecule has 0 saturated carbocycles. The molecule has 0 aliphatic rings. The highest BCUT2D eigenvalue weighted by Crippen LogP contribution is 2.16. The molecule has 4 heteroatoms. The summed E-state index contributed by atoms with van der Waals surface area (Å²) in [5, 5.41) is 11.9. The van der Waals surface area contributed by atoms with Crippen molar-refractivity contribution in [2.45, 2.75) is 26.7 Å². The van der Waals surface area contributed by atoms with Gasteiger partial charge in [-0.1, -0.05) is 26.7 Å². The molecule has 0 atom stereocenters. The Labute approximate surface area is 101 Å². The Kier molecular flexibility index (Phi) is 4.94. The lowest BCUT2D eigenvalue weighted by Crippen LogP contribution is -2.13. The Morgan fingerprint density at radius 2 is 2.06 bits per heavy atom. The Balaban J connectivity index is 2.72. The fraction of sp³-hybridized carbons (Fsp3) is 0.462. The van der Waals surface area contributed by atoms with Gasteiger partial charge in [-0.2, -0.15) is 0 Å². The van der Waals surface area contributed by atoms with Crippen LogP contribution >= 0.6 is 0 Å². The van der Waals surface area contributed by atoms with E-state index in [9.17, 15) is 9.18 Å². The molecule has 0 bridgehead atoms. The van der Waals surface area contributed by atoms with Crippen LogP contribution in [-0.4, -0.2) is 17.6 Å². The maximum absolute atomic E-state index is 13.1. The predicted molar refractivity (Wildman–Crippen MR) is 65.9 cm³/mol. The van der Waals surface area contributed by atoms with Crippen molar-refractivity contribution in [3.05, 3.63) is 29.6 Å². The van der Waals surface area contributed by atoms with Crippen LogP contribution in [0.1, 0.15) is 37.0 Å². The average Bonchev–Trinajstić information content (AvgIpc) is 2.32. The number of nitrogens with one attached hydrogen (secondary N) is 1. The summed E-state index contributed by atoms with van der Waals surface area (Å²) >= 11 is 0. The summed E-state index contributed by atoms with van der Waals surface area (Å²) in [6.07, 6.45) is 2.13. The number of carboxylic acids is 1. The number of carboxylic acid groups (broad SMARTS) is 1. The van der Waals surface area contributed by atoms with Crippen LogP contribution in [0.4, 0.5) is 10.1 Å². The van der Waals surface area contributed by atoms with Crippen LogP contribution in [-0.2, 0) is 0 Å². The molecule has 0 unspecified atom stereocenters. The molecule has 17 heavy (non-hydrogen) atoms. The van der Waals surface area contributed by atoms with Crippen LogP contribution in [0.3, 0.4) is 0 Å². The number of carbonyl (C=O) groups is 1. The first-order chi connectivity index (χ1) is 8.08. The van der Waals surface area contributed by atoms with E-state index in [4.69, 9.17) is 5.11 Å². The molecule has 0 amide bonds. The highest BCUT2D eigenvalue weighted by molar-refractivity contribution is 5.89. The van der Waals surface area contributed by atoms with E-state index in [0.29, 0.717) is 11.6 Å². The number of benzene rings is 1. The summed E-state index contributed by atoms with van der Waals surface area (Å²) in [7, 11) is 0. The van der Waals surface area contributed by atoms with Gasteiger partial charge in [0.05, 0.1) is 5.56 Å². The number of anilines is 1. The number of aromatic carboxylic acids is 1. The lowest BCUT2D eigenvalue weighted by atomic mass is 10.0. The minimum atomic E-state index is -1.24. The second-order valence-electron chi connectivity index (χ2n) is 4.06. The fourth-order valence-electron chi connectivity index (χ4n) is 1.64. The van der Waals surface area contributed by atoms with Gasteiger partial charge in [0.1, 0.15) is 5.82 Å². The Morgan fingerprint density at radius 1 is 1.41 bits per heavy atom. The fourth-order valence-corrected chi connectivity index (χ4v) is 1.64. The smallest absolute Gasteiger partial charge is 0.338 e. The first kappa shape index (κ1) is 13.5. The van der Waals surface area contributed by atoms with Crippen LogP contribution in [0, 0.1) is 11.7 Å². The van der Waals surface area contributed by atoms with Crippen LogP contribution in [0.5, 0.6) is 0 Å².